The molecule has 0 aliphatic rings. The molecule has 0 unspecified atom stereocenters. The predicted octanol–water partition coefficient (Wildman–Crippen LogP) is 1.53. The zero-order chi connectivity index (χ0) is 12.6. The molecule has 0 atom stereocenters. The Balaban J connectivity index is 2.52. The van der Waals surface area contributed by atoms with E-state index in [1.165, 1.54) is 16.0 Å². The van der Waals surface area contributed by atoms with E-state index in [0.29, 0.717) is 5.82 Å². The molecule has 0 spiro atoms. The molecule has 0 saturated carbocycles. The molecule has 0 fully saturated rings. The molecule has 0 aromatic carbocycles. The number of hydrogen-bond acceptors (Lipinski definition) is 5. The van der Waals surface area contributed by atoms with Gasteiger partial charge in [0.05, 0.1) is 4.88 Å². The van der Waals surface area contributed by atoms with Crippen molar-refractivity contribution < 1.29 is 9.90 Å². The van der Waals surface area contributed by atoms with Crippen molar-refractivity contribution in [1.29, 1.82) is 0 Å². The average molecular weight is 252 g/mol. The molecule has 2 aromatic rings. The Bertz CT molecular complexity index is 558. The van der Waals surface area contributed by atoms with Crippen LogP contribution >= 0.6 is 11.3 Å². The minimum atomic E-state index is -1.17. The van der Waals surface area contributed by atoms with Crippen LogP contribution in [-0.2, 0) is 10.3 Å². The van der Waals surface area contributed by atoms with E-state index in [4.69, 9.17) is 0 Å². The summed E-state index contributed by atoms with van der Waals surface area (Å²) >= 11 is 1.53. The molecule has 2 aromatic heterocycles. The van der Waals surface area contributed by atoms with E-state index in [1.54, 1.807) is 13.8 Å². The molecule has 0 radical (unpaired) electrons. The van der Waals surface area contributed by atoms with Crippen LogP contribution in [0.3, 0.4) is 0 Å². The first kappa shape index (κ1) is 11.7. The van der Waals surface area contributed by atoms with Gasteiger partial charge in [-0.3, -0.25) is 0 Å². The highest BCUT2D eigenvalue weighted by atomic mass is 32.1. The van der Waals surface area contributed by atoms with Gasteiger partial charge in [0.1, 0.15) is 0 Å². The minimum Gasteiger partial charge on any atom is -0.479 e. The maximum atomic E-state index is 11.2. The summed E-state index contributed by atoms with van der Waals surface area (Å²) in [6.07, 6.45) is 0. The Morgan fingerprint density at radius 1 is 1.47 bits per heavy atom. The van der Waals surface area contributed by atoms with Gasteiger partial charge in [-0.25, -0.2) is 9.48 Å². The molecule has 0 bridgehead atoms. The highest BCUT2D eigenvalue weighted by Crippen LogP contribution is 2.28. The van der Waals surface area contributed by atoms with Gasteiger partial charge >= 0.3 is 5.97 Å². The summed E-state index contributed by atoms with van der Waals surface area (Å²) in [7, 11) is 0. The van der Waals surface area contributed by atoms with E-state index in [2.05, 4.69) is 15.5 Å². The fraction of sp³-hybridized carbons (Fsp3) is 0.400. The van der Waals surface area contributed by atoms with Crippen LogP contribution in [0.1, 0.15) is 18.7 Å². The van der Waals surface area contributed by atoms with Crippen molar-refractivity contribution >= 4 is 17.3 Å². The van der Waals surface area contributed by atoms with Gasteiger partial charge < -0.3 is 5.11 Å². The number of carboxylic acids is 1. The molecular weight excluding hydrogens is 240 g/mol. The fourth-order valence-corrected chi connectivity index (χ4v) is 2.20. The summed E-state index contributed by atoms with van der Waals surface area (Å²) in [5, 5.41) is 20.4. The third-order valence-corrected chi connectivity index (χ3v) is 3.48. The lowest BCUT2D eigenvalue weighted by molar-refractivity contribution is -0.146. The van der Waals surface area contributed by atoms with Gasteiger partial charge in [0.25, 0.3) is 0 Å². The summed E-state index contributed by atoms with van der Waals surface area (Å²) in [4.78, 5) is 13.2. The van der Waals surface area contributed by atoms with Crippen LogP contribution in [0.15, 0.2) is 12.1 Å². The van der Waals surface area contributed by atoms with Crippen molar-refractivity contribution in [3.63, 3.8) is 0 Å². The number of thiophene rings is 1. The van der Waals surface area contributed by atoms with Crippen molar-refractivity contribution in [2.75, 3.05) is 0 Å². The first-order valence-corrected chi connectivity index (χ1v) is 5.83. The van der Waals surface area contributed by atoms with Gasteiger partial charge in [-0.05, 0) is 43.3 Å². The number of rotatable bonds is 3. The van der Waals surface area contributed by atoms with Crippen LogP contribution in [-0.4, -0.2) is 31.3 Å². The summed E-state index contributed by atoms with van der Waals surface area (Å²) < 4.78 is 1.33. The van der Waals surface area contributed by atoms with E-state index in [9.17, 15) is 9.90 Å². The van der Waals surface area contributed by atoms with Gasteiger partial charge in [0, 0.05) is 4.88 Å². The molecule has 7 heteroatoms. The van der Waals surface area contributed by atoms with E-state index in [0.717, 1.165) is 9.75 Å². The fourth-order valence-electron chi connectivity index (χ4n) is 1.36. The second-order valence-electron chi connectivity index (χ2n) is 4.19. The quantitative estimate of drug-likeness (QED) is 0.895. The van der Waals surface area contributed by atoms with Gasteiger partial charge in [0.2, 0.25) is 0 Å². The van der Waals surface area contributed by atoms with Crippen LogP contribution in [0.2, 0.25) is 0 Å². The van der Waals surface area contributed by atoms with Crippen LogP contribution in [0.4, 0.5) is 0 Å². The molecule has 1 N–H and O–H groups in total. The van der Waals surface area contributed by atoms with Gasteiger partial charge in [0.15, 0.2) is 11.4 Å². The molecule has 0 saturated heterocycles. The standard InChI is InChI=1S/C10H12N4O2S/c1-6-4-5-7(17-6)8-11-12-13-14(8)10(2,3)9(15)16/h4-5H,1-3H3,(H,15,16). The summed E-state index contributed by atoms with van der Waals surface area (Å²) in [5.41, 5.74) is -1.17. The van der Waals surface area contributed by atoms with Crippen molar-refractivity contribution in [3.05, 3.63) is 17.0 Å². The third-order valence-electron chi connectivity index (χ3n) is 2.48. The SMILES string of the molecule is Cc1ccc(-c2nnnn2C(C)(C)C(=O)O)s1. The topological polar surface area (TPSA) is 80.9 Å². The van der Waals surface area contributed by atoms with Crippen LogP contribution in [0, 0.1) is 6.92 Å². The molecule has 0 amide bonds. The molecule has 2 rings (SSSR count). The second-order valence-corrected chi connectivity index (χ2v) is 5.48. The molecule has 90 valence electrons. The summed E-state index contributed by atoms with van der Waals surface area (Å²) in [6.45, 7) is 5.11. The predicted molar refractivity (Wildman–Crippen MR) is 62.8 cm³/mol. The number of carboxylic acid groups (broad SMARTS) is 1. The second kappa shape index (κ2) is 3.92. The van der Waals surface area contributed by atoms with E-state index in [-0.39, 0.29) is 0 Å². The Hall–Kier alpha value is -1.76. The Morgan fingerprint density at radius 3 is 2.71 bits per heavy atom. The number of aliphatic carboxylic acids is 1. The lowest BCUT2D eigenvalue weighted by Gasteiger charge is -2.19. The lowest BCUT2D eigenvalue weighted by Crippen LogP contribution is -2.37. The summed E-state index contributed by atoms with van der Waals surface area (Å²) in [6, 6.07) is 3.84. The normalized spacial score (nSPS) is 11.7. The van der Waals surface area contributed by atoms with Crippen LogP contribution in [0.25, 0.3) is 10.7 Å². The van der Waals surface area contributed by atoms with Crippen LogP contribution in [0.5, 0.6) is 0 Å². The summed E-state index contributed by atoms with van der Waals surface area (Å²) in [5.74, 6) is -0.491. The van der Waals surface area contributed by atoms with Crippen LogP contribution < -0.4 is 0 Å². The zero-order valence-electron chi connectivity index (χ0n) is 9.71. The van der Waals surface area contributed by atoms with Crippen molar-refractivity contribution in [3.8, 4) is 10.7 Å². The number of tetrazole rings is 1. The molecule has 17 heavy (non-hydrogen) atoms. The number of carbonyl (C=O) groups is 1. The molecule has 0 aliphatic carbocycles. The maximum absolute atomic E-state index is 11.2. The number of aromatic nitrogens is 4. The Labute approximate surface area is 102 Å². The largest absolute Gasteiger partial charge is 0.479 e. The molecule has 0 aliphatic heterocycles. The average Bonchev–Trinajstić information content (AvgIpc) is 2.84. The highest BCUT2D eigenvalue weighted by Gasteiger charge is 2.34. The minimum absolute atomic E-state index is 0.482. The number of nitrogens with zero attached hydrogens (tertiary/aromatic N) is 4. The first-order chi connectivity index (χ1) is 7.93. The van der Waals surface area contributed by atoms with Gasteiger partial charge in [-0.2, -0.15) is 0 Å². The van der Waals surface area contributed by atoms with Crippen molar-refractivity contribution in [2.45, 2.75) is 26.3 Å². The highest BCUT2D eigenvalue weighted by molar-refractivity contribution is 7.15. The molecule has 2 heterocycles. The monoisotopic (exact) mass is 252 g/mol. The third kappa shape index (κ3) is 1.93. The van der Waals surface area contributed by atoms with E-state index < -0.39 is 11.5 Å². The van der Waals surface area contributed by atoms with Crippen molar-refractivity contribution in [1.82, 2.24) is 20.2 Å². The zero-order valence-corrected chi connectivity index (χ0v) is 10.5. The maximum Gasteiger partial charge on any atom is 0.331 e. The van der Waals surface area contributed by atoms with E-state index in [1.807, 2.05) is 19.1 Å². The smallest absolute Gasteiger partial charge is 0.331 e. The number of hydrogen-bond donors (Lipinski definition) is 1. The number of aryl methyl sites for hydroxylation is 1. The molecular formula is C10H12N4O2S. The first-order valence-electron chi connectivity index (χ1n) is 5.02. The Morgan fingerprint density at radius 2 is 2.18 bits per heavy atom. The Kier molecular flexibility index (Phi) is 2.70. The molecule has 6 nitrogen and oxygen atoms in total. The van der Waals surface area contributed by atoms with Gasteiger partial charge in [-0.1, -0.05) is 0 Å². The van der Waals surface area contributed by atoms with Gasteiger partial charge in [-0.15, -0.1) is 16.4 Å². The lowest BCUT2D eigenvalue weighted by atomic mass is 10.1. The van der Waals surface area contributed by atoms with E-state index >= 15 is 0 Å². The van der Waals surface area contributed by atoms with Crippen molar-refractivity contribution in [2.24, 2.45) is 0 Å².